The van der Waals surface area contributed by atoms with Crippen molar-refractivity contribution in [3.05, 3.63) is 47.8 Å². The third-order valence-electron chi connectivity index (χ3n) is 2.87. The van der Waals surface area contributed by atoms with E-state index in [2.05, 4.69) is 11.9 Å². The molecule has 0 N–H and O–H groups in total. The average molecular weight is 278 g/mol. The molecule has 0 fully saturated rings. The van der Waals surface area contributed by atoms with Crippen LogP contribution in [0.25, 0.3) is 0 Å². The number of benzene rings is 1. The van der Waals surface area contributed by atoms with Crippen molar-refractivity contribution in [2.24, 2.45) is 0 Å². The predicted molar refractivity (Wildman–Crippen MR) is 76.2 cm³/mol. The Labute approximate surface area is 118 Å². The van der Waals surface area contributed by atoms with Gasteiger partial charge in [0.15, 0.2) is 11.5 Å². The van der Waals surface area contributed by atoms with Crippen molar-refractivity contribution >= 4 is 11.6 Å². The summed E-state index contributed by atoms with van der Waals surface area (Å²) in [6.07, 6.45) is 4.31. The number of hydrogen-bond acceptors (Lipinski definition) is 3. The molecule has 1 heterocycles. The molecule has 0 amide bonds. The van der Waals surface area contributed by atoms with Gasteiger partial charge in [0.2, 0.25) is 0 Å². The van der Waals surface area contributed by atoms with E-state index in [0.717, 1.165) is 12.0 Å². The van der Waals surface area contributed by atoms with Crippen LogP contribution in [0.5, 0.6) is 17.2 Å². The predicted octanol–water partition coefficient (Wildman–Crippen LogP) is 4.18. The minimum absolute atomic E-state index is 0.382. The van der Waals surface area contributed by atoms with Crippen LogP contribution in [0.2, 0.25) is 0 Å². The molecule has 3 nitrogen and oxygen atoms in total. The summed E-state index contributed by atoms with van der Waals surface area (Å²) in [5.41, 5.74) is 2.10. The molecular formula is C15H16ClNO2. The van der Waals surface area contributed by atoms with Crippen molar-refractivity contribution in [2.45, 2.75) is 19.2 Å². The van der Waals surface area contributed by atoms with E-state index in [1.165, 1.54) is 5.56 Å². The lowest BCUT2D eigenvalue weighted by Crippen LogP contribution is -1.94. The molecule has 0 aliphatic carbocycles. The van der Waals surface area contributed by atoms with Gasteiger partial charge in [0.05, 0.1) is 19.2 Å². The van der Waals surface area contributed by atoms with Crippen molar-refractivity contribution in [1.82, 2.24) is 4.98 Å². The average Bonchev–Trinajstić information content (AvgIpc) is 2.48. The first-order chi connectivity index (χ1) is 9.28. The summed E-state index contributed by atoms with van der Waals surface area (Å²) in [5, 5.41) is 0. The summed E-state index contributed by atoms with van der Waals surface area (Å²) >= 11 is 5.88. The number of nitrogens with zero attached hydrogens (tertiary/aromatic N) is 1. The molecule has 0 unspecified atom stereocenters. The van der Waals surface area contributed by atoms with E-state index in [1.54, 1.807) is 19.5 Å². The van der Waals surface area contributed by atoms with Crippen molar-refractivity contribution in [1.29, 1.82) is 0 Å². The fourth-order valence-corrected chi connectivity index (χ4v) is 1.97. The van der Waals surface area contributed by atoms with E-state index in [1.807, 2.05) is 24.3 Å². The maximum absolute atomic E-state index is 5.88. The second kappa shape index (κ2) is 6.43. The van der Waals surface area contributed by atoms with E-state index >= 15 is 0 Å². The zero-order valence-corrected chi connectivity index (χ0v) is 11.8. The summed E-state index contributed by atoms with van der Waals surface area (Å²) in [5.74, 6) is 2.41. The topological polar surface area (TPSA) is 31.4 Å². The monoisotopic (exact) mass is 277 g/mol. The van der Waals surface area contributed by atoms with Gasteiger partial charge in [-0.3, -0.25) is 4.98 Å². The quantitative estimate of drug-likeness (QED) is 0.768. The van der Waals surface area contributed by atoms with Gasteiger partial charge in [-0.1, -0.05) is 13.0 Å². The first kappa shape index (κ1) is 13.7. The lowest BCUT2D eigenvalue weighted by Gasteiger charge is -2.13. The lowest BCUT2D eigenvalue weighted by atomic mass is 10.1. The standard InChI is InChI=1S/C15H16ClNO2/c1-3-11-4-5-13(14(8-11)18-2)19-15-10-17-7-6-12(15)9-16/h4-8,10H,3,9H2,1-2H3. The van der Waals surface area contributed by atoms with E-state index in [-0.39, 0.29) is 0 Å². The third-order valence-corrected chi connectivity index (χ3v) is 3.16. The molecule has 0 aliphatic rings. The van der Waals surface area contributed by atoms with Crippen LogP contribution in [0.1, 0.15) is 18.1 Å². The van der Waals surface area contributed by atoms with Gasteiger partial charge in [-0.05, 0) is 30.2 Å². The summed E-state index contributed by atoms with van der Waals surface area (Å²) in [4.78, 5) is 4.05. The fourth-order valence-electron chi connectivity index (χ4n) is 1.75. The molecule has 0 aliphatic heterocycles. The van der Waals surface area contributed by atoms with Gasteiger partial charge in [-0.2, -0.15) is 0 Å². The SMILES string of the molecule is CCc1ccc(Oc2cnccc2CCl)c(OC)c1. The number of pyridine rings is 1. The van der Waals surface area contributed by atoms with Crippen molar-refractivity contribution < 1.29 is 9.47 Å². The van der Waals surface area contributed by atoms with Crippen molar-refractivity contribution in [3.8, 4) is 17.2 Å². The largest absolute Gasteiger partial charge is 0.493 e. The highest BCUT2D eigenvalue weighted by Crippen LogP contribution is 2.33. The third kappa shape index (κ3) is 3.18. The molecule has 4 heteroatoms. The van der Waals surface area contributed by atoms with Gasteiger partial charge < -0.3 is 9.47 Å². The Morgan fingerprint density at radius 3 is 2.68 bits per heavy atom. The molecular weight excluding hydrogens is 262 g/mol. The van der Waals surface area contributed by atoms with E-state index < -0.39 is 0 Å². The molecule has 2 aromatic rings. The van der Waals surface area contributed by atoms with Crippen LogP contribution in [0.4, 0.5) is 0 Å². The highest BCUT2D eigenvalue weighted by Gasteiger charge is 2.09. The van der Waals surface area contributed by atoms with Crippen LogP contribution in [0, 0.1) is 0 Å². The zero-order chi connectivity index (χ0) is 13.7. The minimum atomic E-state index is 0.382. The minimum Gasteiger partial charge on any atom is -0.493 e. The Balaban J connectivity index is 2.32. The van der Waals surface area contributed by atoms with Gasteiger partial charge in [0, 0.05) is 11.8 Å². The maximum Gasteiger partial charge on any atom is 0.169 e. The zero-order valence-electron chi connectivity index (χ0n) is 11.0. The molecule has 0 spiro atoms. The molecule has 0 radical (unpaired) electrons. The number of rotatable bonds is 5. The summed E-state index contributed by atoms with van der Waals surface area (Å²) in [6, 6.07) is 7.75. The van der Waals surface area contributed by atoms with Gasteiger partial charge >= 0.3 is 0 Å². The van der Waals surface area contributed by atoms with Crippen LogP contribution >= 0.6 is 11.6 Å². The summed E-state index contributed by atoms with van der Waals surface area (Å²) < 4.78 is 11.2. The number of methoxy groups -OCH3 is 1. The highest BCUT2D eigenvalue weighted by atomic mass is 35.5. The van der Waals surface area contributed by atoms with Crippen LogP contribution < -0.4 is 9.47 Å². The number of ether oxygens (including phenoxy) is 2. The Hall–Kier alpha value is -1.74. The highest BCUT2D eigenvalue weighted by molar-refractivity contribution is 6.17. The van der Waals surface area contributed by atoms with Gasteiger partial charge in [-0.15, -0.1) is 11.6 Å². The smallest absolute Gasteiger partial charge is 0.169 e. The molecule has 1 aromatic heterocycles. The molecule has 2 rings (SSSR count). The first-order valence-corrected chi connectivity index (χ1v) is 6.65. The Morgan fingerprint density at radius 1 is 1.16 bits per heavy atom. The van der Waals surface area contributed by atoms with Crippen LogP contribution in [0.15, 0.2) is 36.7 Å². The second-order valence-electron chi connectivity index (χ2n) is 4.06. The second-order valence-corrected chi connectivity index (χ2v) is 4.33. The Morgan fingerprint density at radius 2 is 2.00 bits per heavy atom. The van der Waals surface area contributed by atoms with E-state index in [9.17, 15) is 0 Å². The number of halogens is 1. The number of aromatic nitrogens is 1. The van der Waals surface area contributed by atoms with Gasteiger partial charge in [-0.25, -0.2) is 0 Å². The van der Waals surface area contributed by atoms with Crippen molar-refractivity contribution in [2.75, 3.05) is 7.11 Å². The molecule has 0 saturated carbocycles. The van der Waals surface area contributed by atoms with Crippen LogP contribution in [-0.4, -0.2) is 12.1 Å². The molecule has 0 saturated heterocycles. The normalized spacial score (nSPS) is 10.3. The number of aryl methyl sites for hydroxylation is 1. The molecule has 19 heavy (non-hydrogen) atoms. The molecule has 100 valence electrons. The van der Waals surface area contributed by atoms with E-state index in [4.69, 9.17) is 21.1 Å². The van der Waals surface area contributed by atoms with Gasteiger partial charge in [0.1, 0.15) is 5.75 Å². The van der Waals surface area contributed by atoms with Crippen LogP contribution in [0.3, 0.4) is 0 Å². The maximum atomic E-state index is 5.88. The Kier molecular flexibility index (Phi) is 4.63. The lowest BCUT2D eigenvalue weighted by molar-refractivity contribution is 0.377. The number of hydrogen-bond donors (Lipinski definition) is 0. The van der Waals surface area contributed by atoms with Crippen LogP contribution in [-0.2, 0) is 12.3 Å². The van der Waals surface area contributed by atoms with Gasteiger partial charge in [0.25, 0.3) is 0 Å². The van der Waals surface area contributed by atoms with E-state index in [0.29, 0.717) is 23.1 Å². The fraction of sp³-hybridized carbons (Fsp3) is 0.267. The molecule has 1 aromatic carbocycles. The Bertz CT molecular complexity index is 558. The molecule has 0 atom stereocenters. The summed E-state index contributed by atoms with van der Waals surface area (Å²) in [6.45, 7) is 2.10. The number of alkyl halides is 1. The first-order valence-electron chi connectivity index (χ1n) is 6.12. The summed E-state index contributed by atoms with van der Waals surface area (Å²) in [7, 11) is 1.63. The molecule has 0 bridgehead atoms. The van der Waals surface area contributed by atoms with Crippen molar-refractivity contribution in [3.63, 3.8) is 0 Å².